The molecule has 0 saturated carbocycles. The van der Waals surface area contributed by atoms with E-state index in [0.29, 0.717) is 11.4 Å². The molecule has 0 spiro atoms. The number of anilines is 1. The van der Waals surface area contributed by atoms with Crippen LogP contribution in [-0.4, -0.2) is 29.6 Å². The molecule has 4 rings (SSSR count). The Morgan fingerprint density at radius 2 is 2.03 bits per heavy atom. The van der Waals surface area contributed by atoms with E-state index in [1.54, 1.807) is 25.1 Å². The maximum atomic E-state index is 12.3. The van der Waals surface area contributed by atoms with E-state index in [0.717, 1.165) is 15.9 Å². The Morgan fingerprint density at radius 3 is 2.83 bits per heavy atom. The summed E-state index contributed by atoms with van der Waals surface area (Å²) in [4.78, 5) is 37.2. The van der Waals surface area contributed by atoms with Crippen molar-refractivity contribution in [1.82, 2.24) is 5.32 Å². The van der Waals surface area contributed by atoms with Crippen molar-refractivity contribution >= 4 is 46.2 Å². The van der Waals surface area contributed by atoms with Crippen LogP contribution in [0.1, 0.15) is 36.0 Å². The number of ether oxygens (including phenoxy) is 1. The molecule has 2 N–H and O–H groups in total. The predicted molar refractivity (Wildman–Crippen MR) is 113 cm³/mol. The lowest BCUT2D eigenvalue weighted by molar-refractivity contribution is -0.125. The molecular formula is C22H20N2O5S. The highest BCUT2D eigenvalue weighted by Crippen LogP contribution is 2.36. The Labute approximate surface area is 177 Å². The molecule has 154 valence electrons. The summed E-state index contributed by atoms with van der Waals surface area (Å²) >= 11 is 1.43. The second kappa shape index (κ2) is 8.23. The van der Waals surface area contributed by atoms with Crippen molar-refractivity contribution in [3.05, 3.63) is 59.9 Å². The minimum atomic E-state index is -0.637. The van der Waals surface area contributed by atoms with Crippen LogP contribution in [0.2, 0.25) is 0 Å². The minimum Gasteiger partial charge on any atom is -0.459 e. The van der Waals surface area contributed by atoms with Crippen molar-refractivity contribution in [2.45, 2.75) is 30.0 Å². The quantitative estimate of drug-likeness (QED) is 0.603. The van der Waals surface area contributed by atoms with Crippen LogP contribution in [0.5, 0.6) is 0 Å². The van der Waals surface area contributed by atoms with E-state index in [-0.39, 0.29) is 22.8 Å². The molecule has 1 aliphatic heterocycles. The fourth-order valence-corrected chi connectivity index (χ4v) is 4.05. The summed E-state index contributed by atoms with van der Waals surface area (Å²) in [6, 6.07) is 14.0. The molecule has 1 aliphatic rings. The number of fused-ring (bicyclic) bond motifs is 2. The Balaban J connectivity index is 1.34. The van der Waals surface area contributed by atoms with Gasteiger partial charge < -0.3 is 19.8 Å². The summed E-state index contributed by atoms with van der Waals surface area (Å²) in [5, 5.41) is 6.29. The maximum Gasteiger partial charge on any atom is 0.338 e. The summed E-state index contributed by atoms with van der Waals surface area (Å²) in [6.07, 6.45) is 0. The van der Waals surface area contributed by atoms with Crippen molar-refractivity contribution in [1.29, 1.82) is 0 Å². The monoisotopic (exact) mass is 424 g/mol. The van der Waals surface area contributed by atoms with Crippen molar-refractivity contribution in [3.8, 4) is 0 Å². The molecule has 0 radical (unpaired) electrons. The van der Waals surface area contributed by atoms with E-state index in [1.165, 1.54) is 11.8 Å². The average molecular weight is 424 g/mol. The zero-order valence-electron chi connectivity index (χ0n) is 16.4. The predicted octanol–water partition coefficient (Wildman–Crippen LogP) is 3.90. The second-order valence-corrected chi connectivity index (χ2v) is 8.39. The van der Waals surface area contributed by atoms with Crippen LogP contribution in [0.15, 0.2) is 57.8 Å². The van der Waals surface area contributed by atoms with Gasteiger partial charge in [0.25, 0.3) is 5.91 Å². The zero-order chi connectivity index (χ0) is 21.3. The average Bonchev–Trinajstić information content (AvgIpc) is 3.17. The summed E-state index contributed by atoms with van der Waals surface area (Å²) in [5.74, 6) is -0.570. The summed E-state index contributed by atoms with van der Waals surface area (Å²) in [7, 11) is 0. The standard InChI is InChI=1S/C22H20N2O5S/c1-12(18-10-14-5-3-4-6-17(14)29-18)23-20(25)11-28-22(27)15-7-8-19-16(9-15)24-21(26)13(2)30-19/h3-10,12-13H,11H2,1-2H3,(H,23,25)(H,24,26)/t12-,13-/m0/s1. The minimum absolute atomic E-state index is 0.114. The number of nitrogens with one attached hydrogen (secondary N) is 2. The highest BCUT2D eigenvalue weighted by molar-refractivity contribution is 8.00. The fraction of sp³-hybridized carbons (Fsp3) is 0.227. The fourth-order valence-electron chi connectivity index (χ4n) is 3.12. The number of amides is 2. The number of rotatable bonds is 5. The van der Waals surface area contributed by atoms with Crippen molar-refractivity contribution in [2.24, 2.45) is 0 Å². The molecule has 3 aromatic rings. The SMILES string of the molecule is C[C@@H]1Sc2ccc(C(=O)OCC(=O)N[C@@H](C)c3cc4ccccc4o3)cc2NC1=O. The molecule has 0 aliphatic carbocycles. The summed E-state index contributed by atoms with van der Waals surface area (Å²) in [5.41, 5.74) is 1.58. The highest BCUT2D eigenvalue weighted by atomic mass is 32.2. The highest BCUT2D eigenvalue weighted by Gasteiger charge is 2.24. The van der Waals surface area contributed by atoms with Gasteiger partial charge in [-0.25, -0.2) is 4.79 Å². The molecule has 0 unspecified atom stereocenters. The van der Waals surface area contributed by atoms with Crippen LogP contribution < -0.4 is 10.6 Å². The first-order chi connectivity index (χ1) is 14.4. The Morgan fingerprint density at radius 1 is 1.23 bits per heavy atom. The number of hydrogen-bond donors (Lipinski definition) is 2. The van der Waals surface area contributed by atoms with Gasteiger partial charge in [0.05, 0.1) is 22.5 Å². The van der Waals surface area contributed by atoms with E-state index >= 15 is 0 Å². The van der Waals surface area contributed by atoms with Gasteiger partial charge in [0.15, 0.2) is 6.61 Å². The van der Waals surface area contributed by atoms with Crippen LogP contribution in [0, 0.1) is 0 Å². The molecule has 8 heteroatoms. The van der Waals surface area contributed by atoms with Gasteiger partial charge in [0.1, 0.15) is 11.3 Å². The smallest absolute Gasteiger partial charge is 0.338 e. The molecular weight excluding hydrogens is 404 g/mol. The topological polar surface area (TPSA) is 97.6 Å². The van der Waals surface area contributed by atoms with Gasteiger partial charge in [-0.2, -0.15) is 0 Å². The Kier molecular flexibility index (Phi) is 5.50. The second-order valence-electron chi connectivity index (χ2n) is 7.01. The van der Waals surface area contributed by atoms with Gasteiger partial charge in [-0.15, -0.1) is 11.8 Å². The van der Waals surface area contributed by atoms with Crippen LogP contribution >= 0.6 is 11.8 Å². The number of thioether (sulfide) groups is 1. The van der Waals surface area contributed by atoms with Crippen LogP contribution in [-0.2, 0) is 14.3 Å². The van der Waals surface area contributed by atoms with E-state index in [1.807, 2.05) is 37.3 Å². The number of carbonyl (C=O) groups excluding carboxylic acids is 3. The molecule has 30 heavy (non-hydrogen) atoms. The first kappa shape index (κ1) is 20.0. The lowest BCUT2D eigenvalue weighted by Crippen LogP contribution is -2.31. The molecule has 7 nitrogen and oxygen atoms in total. The number of benzene rings is 2. The molecule has 2 heterocycles. The number of hydrogen-bond acceptors (Lipinski definition) is 6. The van der Waals surface area contributed by atoms with Gasteiger partial charge in [0, 0.05) is 10.3 Å². The van der Waals surface area contributed by atoms with Crippen molar-refractivity contribution in [3.63, 3.8) is 0 Å². The molecule has 1 aromatic heterocycles. The van der Waals surface area contributed by atoms with Crippen molar-refractivity contribution < 1.29 is 23.5 Å². The third-order valence-electron chi connectivity index (χ3n) is 4.73. The van der Waals surface area contributed by atoms with Crippen LogP contribution in [0.4, 0.5) is 5.69 Å². The number of para-hydroxylation sites is 1. The third kappa shape index (κ3) is 4.18. The largest absolute Gasteiger partial charge is 0.459 e. The zero-order valence-corrected chi connectivity index (χ0v) is 17.2. The lowest BCUT2D eigenvalue weighted by Gasteiger charge is -2.21. The summed E-state index contributed by atoms with van der Waals surface area (Å²) in [6.45, 7) is 3.19. The van der Waals surface area contributed by atoms with E-state index in [9.17, 15) is 14.4 Å². The van der Waals surface area contributed by atoms with Gasteiger partial charge in [-0.3, -0.25) is 9.59 Å². The molecule has 2 aromatic carbocycles. The maximum absolute atomic E-state index is 12.3. The number of furan rings is 1. The number of carbonyl (C=O) groups is 3. The third-order valence-corrected chi connectivity index (χ3v) is 5.91. The van der Waals surface area contributed by atoms with E-state index < -0.39 is 18.5 Å². The Bertz CT molecular complexity index is 1110. The number of esters is 1. The Hall–Kier alpha value is -3.26. The van der Waals surface area contributed by atoms with E-state index in [2.05, 4.69) is 10.6 Å². The molecule has 2 amide bonds. The van der Waals surface area contributed by atoms with Crippen LogP contribution in [0.3, 0.4) is 0 Å². The van der Waals surface area contributed by atoms with Gasteiger partial charge in [0.2, 0.25) is 5.91 Å². The molecule has 2 atom stereocenters. The first-order valence-corrected chi connectivity index (χ1v) is 10.3. The normalized spacial score (nSPS) is 16.5. The molecule has 0 bridgehead atoms. The van der Waals surface area contributed by atoms with Crippen LogP contribution in [0.25, 0.3) is 11.0 Å². The van der Waals surface area contributed by atoms with E-state index in [4.69, 9.17) is 9.15 Å². The lowest BCUT2D eigenvalue weighted by atomic mass is 10.2. The molecule has 0 saturated heterocycles. The summed E-state index contributed by atoms with van der Waals surface area (Å²) < 4.78 is 10.9. The van der Waals surface area contributed by atoms with Gasteiger partial charge in [-0.1, -0.05) is 18.2 Å². The first-order valence-electron chi connectivity index (χ1n) is 9.47. The van der Waals surface area contributed by atoms with Gasteiger partial charge in [-0.05, 0) is 44.2 Å². The van der Waals surface area contributed by atoms with Gasteiger partial charge >= 0.3 is 5.97 Å². The molecule has 0 fully saturated rings. The van der Waals surface area contributed by atoms with Crippen molar-refractivity contribution in [2.75, 3.05) is 11.9 Å².